The molecule has 1 aliphatic heterocycles. The molecular formula is C17H28N4O2. The second kappa shape index (κ2) is 8.72. The van der Waals surface area contributed by atoms with E-state index in [0.29, 0.717) is 17.5 Å². The number of urea groups is 1. The summed E-state index contributed by atoms with van der Waals surface area (Å²) in [7, 11) is 1.55. The van der Waals surface area contributed by atoms with Crippen LogP contribution in [-0.2, 0) is 0 Å². The van der Waals surface area contributed by atoms with Crippen LogP contribution in [0, 0.1) is 5.92 Å². The summed E-state index contributed by atoms with van der Waals surface area (Å²) in [6, 6.07) is 3.52. The second-order valence-electron chi connectivity index (χ2n) is 5.91. The molecule has 0 aromatic carbocycles. The Bertz CT molecular complexity index is 497. The Hall–Kier alpha value is -1.82. The molecule has 1 aromatic rings. The maximum absolute atomic E-state index is 12.4. The minimum absolute atomic E-state index is 0.0717. The number of nitrogens with one attached hydrogen (secondary N) is 1. The fraction of sp³-hybridized carbons (Fsp3) is 0.647. The summed E-state index contributed by atoms with van der Waals surface area (Å²) < 4.78 is 5.17. The lowest BCUT2D eigenvalue weighted by molar-refractivity contribution is 0.158. The van der Waals surface area contributed by atoms with Crippen LogP contribution in [0.5, 0.6) is 5.88 Å². The molecule has 0 unspecified atom stereocenters. The summed E-state index contributed by atoms with van der Waals surface area (Å²) in [4.78, 5) is 20.8. The molecule has 1 aliphatic rings. The summed E-state index contributed by atoms with van der Waals surface area (Å²) in [6.07, 6.45) is 3.77. The highest BCUT2D eigenvalue weighted by molar-refractivity contribution is 5.90. The van der Waals surface area contributed by atoms with E-state index in [1.54, 1.807) is 25.4 Å². The molecule has 1 aromatic heterocycles. The topological polar surface area (TPSA) is 57.7 Å². The van der Waals surface area contributed by atoms with Gasteiger partial charge in [0.15, 0.2) is 0 Å². The quantitative estimate of drug-likeness (QED) is 0.875. The van der Waals surface area contributed by atoms with E-state index >= 15 is 0 Å². The first kappa shape index (κ1) is 17.5. The summed E-state index contributed by atoms with van der Waals surface area (Å²) >= 11 is 0. The van der Waals surface area contributed by atoms with Crippen molar-refractivity contribution in [3.8, 4) is 5.88 Å². The van der Waals surface area contributed by atoms with Crippen LogP contribution in [0.3, 0.4) is 0 Å². The molecule has 1 N–H and O–H groups in total. The highest BCUT2D eigenvalue weighted by Crippen LogP contribution is 2.22. The zero-order valence-electron chi connectivity index (χ0n) is 14.4. The van der Waals surface area contributed by atoms with Crippen molar-refractivity contribution in [1.82, 2.24) is 14.8 Å². The number of piperidine rings is 1. The molecule has 0 radical (unpaired) electrons. The maximum Gasteiger partial charge on any atom is 0.321 e. The molecule has 1 fully saturated rings. The van der Waals surface area contributed by atoms with Crippen LogP contribution >= 0.6 is 0 Å². The highest BCUT2D eigenvalue weighted by atomic mass is 16.5. The molecule has 2 amide bonds. The largest absolute Gasteiger partial charge is 0.480 e. The maximum atomic E-state index is 12.4. The molecule has 6 nitrogen and oxygen atoms in total. The lowest BCUT2D eigenvalue weighted by atomic mass is 9.96. The number of aromatic nitrogens is 1. The van der Waals surface area contributed by atoms with Gasteiger partial charge in [0, 0.05) is 25.8 Å². The first-order valence-corrected chi connectivity index (χ1v) is 8.45. The van der Waals surface area contributed by atoms with Crippen molar-refractivity contribution >= 4 is 11.7 Å². The van der Waals surface area contributed by atoms with Crippen LogP contribution in [0.15, 0.2) is 18.3 Å². The Labute approximate surface area is 138 Å². The third-order valence-corrected chi connectivity index (χ3v) is 4.52. The Kier molecular flexibility index (Phi) is 6.65. The fourth-order valence-corrected chi connectivity index (χ4v) is 3.01. The summed E-state index contributed by atoms with van der Waals surface area (Å²) in [5, 5.41) is 2.90. The lowest BCUT2D eigenvalue weighted by Crippen LogP contribution is -2.43. The standard InChI is InChI=1S/C17H28N4O2/c1-4-20(5-2)13-14-8-11-21(12-9-14)17(22)19-15-7-6-10-18-16(15)23-3/h6-7,10,14H,4-5,8-9,11-13H2,1-3H3,(H,19,22). The van der Waals surface area contributed by atoms with E-state index in [9.17, 15) is 4.79 Å². The number of methoxy groups -OCH3 is 1. The number of anilines is 1. The Morgan fingerprint density at radius 2 is 2.09 bits per heavy atom. The van der Waals surface area contributed by atoms with E-state index in [-0.39, 0.29) is 6.03 Å². The third-order valence-electron chi connectivity index (χ3n) is 4.52. The van der Waals surface area contributed by atoms with Gasteiger partial charge in [-0.2, -0.15) is 0 Å². The number of likely N-dealkylation sites (tertiary alicyclic amines) is 1. The van der Waals surface area contributed by atoms with E-state index in [1.165, 1.54) is 0 Å². The van der Waals surface area contributed by atoms with Crippen molar-refractivity contribution in [3.63, 3.8) is 0 Å². The van der Waals surface area contributed by atoms with Gasteiger partial charge >= 0.3 is 6.03 Å². The van der Waals surface area contributed by atoms with Gasteiger partial charge in [-0.05, 0) is 44.0 Å². The van der Waals surface area contributed by atoms with Crippen LogP contribution in [0.4, 0.5) is 10.5 Å². The number of rotatable bonds is 6. The van der Waals surface area contributed by atoms with Gasteiger partial charge in [-0.1, -0.05) is 13.8 Å². The molecule has 0 spiro atoms. The van der Waals surface area contributed by atoms with E-state index in [4.69, 9.17) is 4.74 Å². The predicted molar refractivity (Wildman–Crippen MR) is 91.9 cm³/mol. The molecular weight excluding hydrogens is 292 g/mol. The van der Waals surface area contributed by atoms with E-state index in [1.807, 2.05) is 4.90 Å². The second-order valence-corrected chi connectivity index (χ2v) is 5.91. The number of amides is 2. The molecule has 1 saturated heterocycles. The molecule has 2 heterocycles. The minimum atomic E-state index is -0.0717. The van der Waals surface area contributed by atoms with Gasteiger partial charge in [0.05, 0.1) is 7.11 Å². The predicted octanol–water partition coefficient (Wildman–Crippen LogP) is 2.68. The average Bonchev–Trinajstić information content (AvgIpc) is 2.60. The van der Waals surface area contributed by atoms with Crippen molar-refractivity contribution in [2.45, 2.75) is 26.7 Å². The molecule has 2 rings (SSSR count). The molecule has 128 valence electrons. The Morgan fingerprint density at radius 3 is 2.70 bits per heavy atom. The number of hydrogen-bond donors (Lipinski definition) is 1. The lowest BCUT2D eigenvalue weighted by Gasteiger charge is -2.34. The SMILES string of the molecule is CCN(CC)CC1CCN(C(=O)Nc2cccnc2OC)CC1. The summed E-state index contributed by atoms with van der Waals surface area (Å²) in [5.74, 6) is 1.13. The van der Waals surface area contributed by atoms with Crippen LogP contribution in [0.25, 0.3) is 0 Å². The number of hydrogen-bond acceptors (Lipinski definition) is 4. The molecule has 0 atom stereocenters. The Balaban J connectivity index is 1.84. The highest BCUT2D eigenvalue weighted by Gasteiger charge is 2.24. The number of nitrogens with zero attached hydrogens (tertiary/aromatic N) is 3. The molecule has 0 saturated carbocycles. The average molecular weight is 320 g/mol. The van der Waals surface area contributed by atoms with Crippen molar-refractivity contribution in [2.24, 2.45) is 5.92 Å². The number of ether oxygens (including phenoxy) is 1. The third kappa shape index (κ3) is 4.82. The van der Waals surface area contributed by atoms with Crippen LogP contribution in [0.1, 0.15) is 26.7 Å². The first-order valence-electron chi connectivity index (χ1n) is 8.45. The van der Waals surface area contributed by atoms with Gasteiger partial charge in [0.25, 0.3) is 0 Å². The van der Waals surface area contributed by atoms with Crippen molar-refractivity contribution in [1.29, 1.82) is 0 Å². The number of carbonyl (C=O) groups excluding carboxylic acids is 1. The van der Waals surface area contributed by atoms with Crippen LogP contribution in [0.2, 0.25) is 0 Å². The number of pyridine rings is 1. The molecule has 6 heteroatoms. The van der Waals surface area contributed by atoms with Gasteiger partial charge in [0.2, 0.25) is 5.88 Å². The number of carbonyl (C=O) groups is 1. The zero-order chi connectivity index (χ0) is 16.7. The van der Waals surface area contributed by atoms with Crippen LogP contribution in [-0.4, -0.2) is 60.6 Å². The Morgan fingerprint density at radius 1 is 1.39 bits per heavy atom. The van der Waals surface area contributed by atoms with Gasteiger partial charge < -0.3 is 19.9 Å². The van der Waals surface area contributed by atoms with Gasteiger partial charge in [-0.25, -0.2) is 9.78 Å². The van der Waals surface area contributed by atoms with E-state index < -0.39 is 0 Å². The van der Waals surface area contributed by atoms with Crippen molar-refractivity contribution < 1.29 is 9.53 Å². The van der Waals surface area contributed by atoms with Gasteiger partial charge in [0.1, 0.15) is 5.69 Å². The monoisotopic (exact) mass is 320 g/mol. The zero-order valence-corrected chi connectivity index (χ0v) is 14.4. The van der Waals surface area contributed by atoms with Crippen molar-refractivity contribution in [2.75, 3.05) is 45.2 Å². The fourth-order valence-electron chi connectivity index (χ4n) is 3.01. The van der Waals surface area contributed by atoms with E-state index in [2.05, 4.69) is 29.0 Å². The molecule has 0 aliphatic carbocycles. The van der Waals surface area contributed by atoms with E-state index in [0.717, 1.165) is 45.6 Å². The normalized spacial score (nSPS) is 15.7. The minimum Gasteiger partial charge on any atom is -0.480 e. The van der Waals surface area contributed by atoms with Crippen LogP contribution < -0.4 is 10.1 Å². The molecule has 0 bridgehead atoms. The first-order chi connectivity index (χ1) is 11.2. The summed E-state index contributed by atoms with van der Waals surface area (Å²) in [5.41, 5.74) is 0.616. The molecule has 23 heavy (non-hydrogen) atoms. The summed E-state index contributed by atoms with van der Waals surface area (Å²) in [6.45, 7) is 9.34. The van der Waals surface area contributed by atoms with Gasteiger partial charge in [-0.3, -0.25) is 0 Å². The van der Waals surface area contributed by atoms with Gasteiger partial charge in [-0.15, -0.1) is 0 Å². The van der Waals surface area contributed by atoms with Crippen molar-refractivity contribution in [3.05, 3.63) is 18.3 Å². The smallest absolute Gasteiger partial charge is 0.321 e.